The number of rotatable bonds is 5. The molecule has 0 aliphatic carbocycles. The van der Waals surface area contributed by atoms with Crippen molar-refractivity contribution in [2.45, 2.75) is 12.3 Å². The molecule has 0 saturated carbocycles. The predicted octanol–water partition coefficient (Wildman–Crippen LogP) is 3.44. The molecular formula is C20H17FO5. The van der Waals surface area contributed by atoms with Gasteiger partial charge in [-0.2, -0.15) is 0 Å². The molecule has 0 saturated heterocycles. The van der Waals surface area contributed by atoms with Crippen LogP contribution >= 0.6 is 0 Å². The van der Waals surface area contributed by atoms with E-state index >= 15 is 0 Å². The summed E-state index contributed by atoms with van der Waals surface area (Å²) in [6.45, 7) is 0. The van der Waals surface area contributed by atoms with Crippen LogP contribution in [0.5, 0.6) is 5.75 Å². The fourth-order valence-corrected chi connectivity index (χ4v) is 2.93. The second-order valence-electron chi connectivity index (χ2n) is 5.75. The first-order chi connectivity index (χ1) is 12.5. The smallest absolute Gasteiger partial charge is 0.336 e. The van der Waals surface area contributed by atoms with Crippen LogP contribution in [0.3, 0.4) is 0 Å². The lowest BCUT2D eigenvalue weighted by Gasteiger charge is -2.17. The van der Waals surface area contributed by atoms with Crippen molar-refractivity contribution in [2.75, 3.05) is 14.2 Å². The van der Waals surface area contributed by atoms with E-state index in [1.54, 1.807) is 36.4 Å². The van der Waals surface area contributed by atoms with Gasteiger partial charge in [0.05, 0.1) is 20.1 Å². The van der Waals surface area contributed by atoms with Crippen LogP contribution in [0.15, 0.2) is 57.7 Å². The van der Waals surface area contributed by atoms with Crippen LogP contribution in [-0.2, 0) is 16.0 Å². The summed E-state index contributed by atoms with van der Waals surface area (Å²) in [4.78, 5) is 24.4. The van der Waals surface area contributed by atoms with Gasteiger partial charge >= 0.3 is 11.6 Å². The van der Waals surface area contributed by atoms with Crippen LogP contribution in [0.4, 0.5) is 4.39 Å². The van der Waals surface area contributed by atoms with Gasteiger partial charge in [-0.25, -0.2) is 9.18 Å². The van der Waals surface area contributed by atoms with Crippen LogP contribution in [-0.4, -0.2) is 20.2 Å². The zero-order valence-electron chi connectivity index (χ0n) is 14.3. The minimum Gasteiger partial charge on any atom is -0.497 e. The molecule has 0 amide bonds. The number of ether oxygens (including phenoxy) is 2. The van der Waals surface area contributed by atoms with Crippen molar-refractivity contribution in [3.63, 3.8) is 0 Å². The van der Waals surface area contributed by atoms with E-state index in [4.69, 9.17) is 13.9 Å². The topological polar surface area (TPSA) is 65.7 Å². The number of fused-ring (bicyclic) bond motifs is 1. The maximum Gasteiger partial charge on any atom is 0.336 e. The second kappa shape index (κ2) is 7.39. The summed E-state index contributed by atoms with van der Waals surface area (Å²) in [5, 5.41) is 0.567. The summed E-state index contributed by atoms with van der Waals surface area (Å²) < 4.78 is 29.3. The number of carbonyl (C=O) groups is 1. The molecule has 0 radical (unpaired) electrons. The predicted molar refractivity (Wildman–Crippen MR) is 93.9 cm³/mol. The Morgan fingerprint density at radius 2 is 1.92 bits per heavy atom. The van der Waals surface area contributed by atoms with Gasteiger partial charge in [-0.1, -0.05) is 18.2 Å². The Morgan fingerprint density at radius 3 is 2.62 bits per heavy atom. The van der Waals surface area contributed by atoms with Crippen LogP contribution < -0.4 is 10.4 Å². The van der Waals surface area contributed by atoms with Crippen molar-refractivity contribution in [3.05, 3.63) is 75.9 Å². The van der Waals surface area contributed by atoms with Gasteiger partial charge in [0, 0.05) is 17.5 Å². The molecule has 1 aromatic heterocycles. The van der Waals surface area contributed by atoms with E-state index in [0.717, 1.165) is 0 Å². The third-order valence-corrected chi connectivity index (χ3v) is 4.23. The number of hydrogen-bond acceptors (Lipinski definition) is 5. The van der Waals surface area contributed by atoms with E-state index in [1.165, 1.54) is 26.4 Å². The molecular weight excluding hydrogens is 339 g/mol. The third kappa shape index (κ3) is 3.44. The molecule has 26 heavy (non-hydrogen) atoms. The molecule has 3 aromatic rings. The van der Waals surface area contributed by atoms with Crippen LogP contribution in [0, 0.1) is 5.82 Å². The molecule has 2 aromatic carbocycles. The standard InChI is InChI=1S/C20H17FO5/c1-24-13-7-8-14-15(11-19(22)26-18(14)10-13)16(20(23)25-2)9-12-5-3-4-6-17(12)21/h3-8,10-11,16H,9H2,1-2H3. The molecule has 1 heterocycles. The Hall–Kier alpha value is -3.15. The van der Waals surface area contributed by atoms with Gasteiger partial charge in [0.25, 0.3) is 0 Å². The zero-order valence-corrected chi connectivity index (χ0v) is 14.3. The molecule has 134 valence electrons. The Balaban J connectivity index is 2.16. The first-order valence-electron chi connectivity index (χ1n) is 7.96. The molecule has 0 bridgehead atoms. The van der Waals surface area contributed by atoms with E-state index in [2.05, 4.69) is 0 Å². The highest BCUT2D eigenvalue weighted by Crippen LogP contribution is 2.30. The van der Waals surface area contributed by atoms with Crippen molar-refractivity contribution in [1.82, 2.24) is 0 Å². The lowest BCUT2D eigenvalue weighted by molar-refractivity contribution is -0.142. The minimum atomic E-state index is -0.850. The Morgan fingerprint density at radius 1 is 1.15 bits per heavy atom. The average molecular weight is 356 g/mol. The van der Waals surface area contributed by atoms with Crippen molar-refractivity contribution in [1.29, 1.82) is 0 Å². The summed E-state index contributed by atoms with van der Waals surface area (Å²) >= 11 is 0. The van der Waals surface area contributed by atoms with E-state index in [0.29, 0.717) is 22.3 Å². The Kier molecular flexibility index (Phi) is 5.02. The monoisotopic (exact) mass is 356 g/mol. The lowest BCUT2D eigenvalue weighted by atomic mass is 9.90. The largest absolute Gasteiger partial charge is 0.497 e. The van der Waals surface area contributed by atoms with E-state index < -0.39 is 23.3 Å². The van der Waals surface area contributed by atoms with Gasteiger partial charge in [0.15, 0.2) is 0 Å². The summed E-state index contributed by atoms with van der Waals surface area (Å²) in [6.07, 6.45) is 0.0595. The van der Waals surface area contributed by atoms with Gasteiger partial charge in [-0.05, 0) is 35.7 Å². The number of benzene rings is 2. The molecule has 5 nitrogen and oxygen atoms in total. The van der Waals surface area contributed by atoms with E-state index in [9.17, 15) is 14.0 Å². The highest BCUT2D eigenvalue weighted by molar-refractivity contribution is 5.89. The van der Waals surface area contributed by atoms with Gasteiger partial charge < -0.3 is 13.9 Å². The SMILES string of the molecule is COC(=O)C(Cc1ccccc1F)c1cc(=O)oc2cc(OC)ccc12. The van der Waals surface area contributed by atoms with Gasteiger partial charge in [0.2, 0.25) is 0 Å². The number of halogens is 1. The Bertz CT molecular complexity index is 1010. The molecule has 1 unspecified atom stereocenters. The molecule has 0 aliphatic heterocycles. The normalized spacial score (nSPS) is 12.0. The van der Waals surface area contributed by atoms with Crippen LogP contribution in [0.1, 0.15) is 17.0 Å². The van der Waals surface area contributed by atoms with E-state index in [-0.39, 0.29) is 12.0 Å². The summed E-state index contributed by atoms with van der Waals surface area (Å²) in [5.74, 6) is -1.32. The van der Waals surface area contributed by atoms with Crippen LogP contribution in [0.25, 0.3) is 11.0 Å². The molecule has 0 N–H and O–H groups in total. The van der Waals surface area contributed by atoms with E-state index in [1.807, 2.05) is 0 Å². The van der Waals surface area contributed by atoms with Crippen LogP contribution in [0.2, 0.25) is 0 Å². The maximum absolute atomic E-state index is 14.1. The minimum absolute atomic E-state index is 0.0595. The molecule has 0 spiro atoms. The number of hydrogen-bond donors (Lipinski definition) is 0. The van der Waals surface area contributed by atoms with Crippen molar-refractivity contribution in [2.24, 2.45) is 0 Å². The molecule has 6 heteroatoms. The highest BCUT2D eigenvalue weighted by Gasteiger charge is 2.26. The molecule has 1 atom stereocenters. The summed E-state index contributed by atoms with van der Waals surface area (Å²) in [7, 11) is 2.76. The first-order valence-corrected chi connectivity index (χ1v) is 7.96. The summed E-state index contributed by atoms with van der Waals surface area (Å²) in [6, 6.07) is 12.4. The fourth-order valence-electron chi connectivity index (χ4n) is 2.93. The third-order valence-electron chi connectivity index (χ3n) is 4.23. The summed E-state index contributed by atoms with van der Waals surface area (Å²) in [5.41, 5.74) is 0.462. The van der Waals surface area contributed by atoms with Crippen molar-refractivity contribution < 1.29 is 23.1 Å². The zero-order chi connectivity index (χ0) is 18.7. The average Bonchev–Trinajstić information content (AvgIpc) is 2.65. The fraction of sp³-hybridized carbons (Fsp3) is 0.200. The van der Waals surface area contributed by atoms with Crippen molar-refractivity contribution >= 4 is 16.9 Å². The van der Waals surface area contributed by atoms with Gasteiger partial charge in [0.1, 0.15) is 17.1 Å². The quantitative estimate of drug-likeness (QED) is 0.518. The number of carbonyl (C=O) groups excluding carboxylic acids is 1. The van der Waals surface area contributed by atoms with Gasteiger partial charge in [-0.3, -0.25) is 4.79 Å². The molecule has 3 rings (SSSR count). The first kappa shape index (κ1) is 17.7. The molecule has 0 fully saturated rings. The maximum atomic E-state index is 14.1. The highest BCUT2D eigenvalue weighted by atomic mass is 19.1. The van der Waals surface area contributed by atoms with Crippen molar-refractivity contribution in [3.8, 4) is 5.75 Å². The number of methoxy groups -OCH3 is 2. The molecule has 0 aliphatic rings. The van der Waals surface area contributed by atoms with Gasteiger partial charge in [-0.15, -0.1) is 0 Å². The lowest BCUT2D eigenvalue weighted by Crippen LogP contribution is -2.19. The Labute approximate surface area is 149 Å². The number of esters is 1. The second-order valence-corrected chi connectivity index (χ2v) is 5.75.